The van der Waals surface area contributed by atoms with Crippen LogP contribution in [0.25, 0.3) is 0 Å². The van der Waals surface area contributed by atoms with Crippen LogP contribution in [0.4, 0.5) is 5.69 Å². The molecule has 1 heterocycles. The second-order valence-electron chi connectivity index (χ2n) is 13.1. The molecule has 0 atom stereocenters. The lowest BCUT2D eigenvalue weighted by molar-refractivity contribution is -0.384. The fraction of sp³-hybridized carbons (Fsp3) is 0.424. The number of methoxy groups -OCH3 is 1. The number of nitrogens with zero attached hydrogens (tertiary/aromatic N) is 2. The van der Waals surface area contributed by atoms with Crippen LogP contribution in [0.5, 0.6) is 11.5 Å². The number of Topliss-reactive ketones (excluding diaryl/α,β-unsaturated/α-hetero) is 2. The highest BCUT2D eigenvalue weighted by molar-refractivity contribution is 6.07. The minimum atomic E-state index is -1.03. The Morgan fingerprint density at radius 1 is 0.930 bits per heavy atom. The molecule has 10 nitrogen and oxygen atoms in total. The molecule has 5 rings (SSSR count). The van der Waals surface area contributed by atoms with Crippen molar-refractivity contribution in [3.63, 3.8) is 0 Å². The molecule has 0 bridgehead atoms. The Morgan fingerprint density at radius 2 is 1.49 bits per heavy atom. The van der Waals surface area contributed by atoms with E-state index in [-0.39, 0.29) is 41.2 Å². The Kier molecular flexibility index (Phi) is 7.66. The van der Waals surface area contributed by atoms with Gasteiger partial charge in [0, 0.05) is 53.4 Å². The minimum Gasteiger partial charge on any atom is -0.493 e. The molecule has 0 spiro atoms. The topological polar surface area (TPSA) is 136 Å². The summed E-state index contributed by atoms with van der Waals surface area (Å²) in [5.41, 5.74) is 3.00. The van der Waals surface area contributed by atoms with E-state index >= 15 is 0 Å². The van der Waals surface area contributed by atoms with Gasteiger partial charge in [-0.1, -0.05) is 33.8 Å². The number of ether oxygens (including phenoxy) is 2. The number of carboxylic acid groups (broad SMARTS) is 1. The van der Waals surface area contributed by atoms with Crippen molar-refractivity contribution in [2.45, 2.75) is 65.9 Å². The van der Waals surface area contributed by atoms with Crippen LogP contribution in [-0.4, -0.2) is 46.1 Å². The molecule has 3 aliphatic rings. The number of ketones is 2. The fourth-order valence-electron chi connectivity index (χ4n) is 6.57. The van der Waals surface area contributed by atoms with Crippen LogP contribution in [0.3, 0.4) is 0 Å². The lowest BCUT2D eigenvalue weighted by atomic mass is 9.63. The van der Waals surface area contributed by atoms with Crippen molar-refractivity contribution in [3.8, 4) is 11.5 Å². The van der Waals surface area contributed by atoms with Crippen molar-refractivity contribution in [1.82, 2.24) is 4.90 Å². The third kappa shape index (κ3) is 5.91. The molecule has 0 aromatic heterocycles. The molecule has 0 saturated heterocycles. The third-order valence-corrected chi connectivity index (χ3v) is 8.38. The molecule has 0 saturated carbocycles. The number of aliphatic carboxylic acids is 1. The summed E-state index contributed by atoms with van der Waals surface area (Å²) in [6.07, 6.45) is 1.60. The summed E-state index contributed by atoms with van der Waals surface area (Å²) >= 11 is 0. The SMILES string of the molecule is COc1cc(C2C3=C(CC(C)(C)CC3=O)N(CC(=O)O)C3=C2C(=O)CC(C)(C)C3)ccc1OCc1ccc([N+](=O)[O-])cc1. The minimum absolute atomic E-state index is 0.0104. The van der Waals surface area contributed by atoms with Gasteiger partial charge in [0.1, 0.15) is 13.2 Å². The van der Waals surface area contributed by atoms with Crippen LogP contribution in [0.15, 0.2) is 65.0 Å². The number of nitro groups is 1. The molecule has 0 unspecified atom stereocenters. The maximum atomic E-state index is 13.9. The van der Waals surface area contributed by atoms with E-state index in [4.69, 9.17) is 9.47 Å². The molecule has 1 aliphatic heterocycles. The maximum Gasteiger partial charge on any atom is 0.323 e. The van der Waals surface area contributed by atoms with Crippen molar-refractivity contribution in [2.24, 2.45) is 10.8 Å². The van der Waals surface area contributed by atoms with Crippen LogP contribution in [0, 0.1) is 20.9 Å². The summed E-state index contributed by atoms with van der Waals surface area (Å²) < 4.78 is 11.7. The van der Waals surface area contributed by atoms with E-state index < -0.39 is 16.8 Å². The van der Waals surface area contributed by atoms with E-state index in [0.29, 0.717) is 65.3 Å². The zero-order valence-electron chi connectivity index (χ0n) is 25.1. The highest BCUT2D eigenvalue weighted by atomic mass is 16.6. The van der Waals surface area contributed by atoms with Gasteiger partial charge >= 0.3 is 5.97 Å². The number of benzene rings is 2. The molecule has 43 heavy (non-hydrogen) atoms. The molecule has 2 aromatic carbocycles. The number of hydrogen-bond acceptors (Lipinski definition) is 8. The fourth-order valence-corrected chi connectivity index (χ4v) is 6.57. The molecule has 0 fully saturated rings. The van der Waals surface area contributed by atoms with Gasteiger partial charge in [0.15, 0.2) is 23.1 Å². The van der Waals surface area contributed by atoms with E-state index in [1.165, 1.54) is 19.2 Å². The van der Waals surface area contributed by atoms with E-state index in [2.05, 4.69) is 0 Å². The van der Waals surface area contributed by atoms with E-state index in [1.807, 2.05) is 33.8 Å². The molecule has 2 aliphatic carbocycles. The third-order valence-electron chi connectivity index (χ3n) is 8.38. The highest BCUT2D eigenvalue weighted by Gasteiger charge is 2.49. The van der Waals surface area contributed by atoms with Crippen LogP contribution < -0.4 is 9.47 Å². The van der Waals surface area contributed by atoms with Gasteiger partial charge in [-0.25, -0.2) is 0 Å². The average Bonchev–Trinajstić information content (AvgIpc) is 2.91. The van der Waals surface area contributed by atoms with Crippen molar-refractivity contribution < 1.29 is 33.9 Å². The Hall–Kier alpha value is -4.47. The lowest BCUT2D eigenvalue weighted by Crippen LogP contribution is -2.45. The number of carboxylic acids is 1. The van der Waals surface area contributed by atoms with Crippen molar-refractivity contribution in [3.05, 3.63) is 86.2 Å². The van der Waals surface area contributed by atoms with E-state index in [9.17, 15) is 29.6 Å². The smallest absolute Gasteiger partial charge is 0.323 e. The first kappa shape index (κ1) is 30.0. The standard InChI is InChI=1S/C33H36N2O8/c1-32(2)13-22-30(24(36)15-32)29(31-23(34(22)17-28(38)39)14-33(3,4)16-25(31)37)20-8-11-26(27(12-20)42-5)43-18-19-6-9-21(10-7-19)35(40)41/h6-12,29H,13-18H2,1-5H3,(H,38,39). The van der Waals surface area contributed by atoms with Gasteiger partial charge in [0.25, 0.3) is 5.69 Å². The normalized spacial score (nSPS) is 19.6. The van der Waals surface area contributed by atoms with E-state index in [0.717, 1.165) is 5.56 Å². The molecule has 2 aromatic rings. The summed E-state index contributed by atoms with van der Waals surface area (Å²) in [7, 11) is 1.51. The Morgan fingerprint density at radius 3 is 1.98 bits per heavy atom. The summed E-state index contributed by atoms with van der Waals surface area (Å²) in [5.74, 6) is -1.02. The number of non-ortho nitro benzene ring substituents is 1. The molecule has 0 radical (unpaired) electrons. The van der Waals surface area contributed by atoms with Gasteiger partial charge in [0.05, 0.1) is 12.0 Å². The number of nitro benzene ring substituents is 1. The van der Waals surface area contributed by atoms with Crippen molar-refractivity contribution in [1.29, 1.82) is 0 Å². The number of carbonyl (C=O) groups is 3. The summed E-state index contributed by atoms with van der Waals surface area (Å²) in [6.45, 7) is 7.83. The maximum absolute atomic E-state index is 13.9. The van der Waals surface area contributed by atoms with Crippen LogP contribution >= 0.6 is 0 Å². The second-order valence-corrected chi connectivity index (χ2v) is 13.1. The van der Waals surface area contributed by atoms with Crippen LogP contribution in [0.2, 0.25) is 0 Å². The predicted octanol–water partition coefficient (Wildman–Crippen LogP) is 5.95. The summed E-state index contributed by atoms with van der Waals surface area (Å²) in [6, 6.07) is 11.4. The number of carbonyl (C=O) groups excluding carboxylic acids is 2. The quantitative estimate of drug-likeness (QED) is 0.293. The Balaban J connectivity index is 1.59. The average molecular weight is 589 g/mol. The summed E-state index contributed by atoms with van der Waals surface area (Å²) in [5, 5.41) is 20.8. The van der Waals surface area contributed by atoms with Gasteiger partial charge in [-0.15, -0.1) is 0 Å². The molecule has 226 valence electrons. The van der Waals surface area contributed by atoms with Gasteiger partial charge in [-0.2, -0.15) is 0 Å². The first-order valence-electron chi connectivity index (χ1n) is 14.3. The van der Waals surface area contributed by atoms with E-state index in [1.54, 1.807) is 29.2 Å². The first-order valence-corrected chi connectivity index (χ1v) is 14.3. The van der Waals surface area contributed by atoms with Crippen molar-refractivity contribution in [2.75, 3.05) is 13.7 Å². The van der Waals surface area contributed by atoms with Crippen molar-refractivity contribution >= 4 is 23.2 Å². The van der Waals surface area contributed by atoms with Crippen LogP contribution in [0.1, 0.15) is 70.4 Å². The molecule has 10 heteroatoms. The van der Waals surface area contributed by atoms with Gasteiger partial charge in [0.2, 0.25) is 0 Å². The number of rotatable bonds is 8. The monoisotopic (exact) mass is 588 g/mol. The zero-order chi connectivity index (χ0) is 31.3. The summed E-state index contributed by atoms with van der Waals surface area (Å²) in [4.78, 5) is 52.0. The second kappa shape index (κ2) is 11.0. The zero-order valence-corrected chi connectivity index (χ0v) is 25.1. The molecular formula is C33H36N2O8. The predicted molar refractivity (Wildman–Crippen MR) is 158 cm³/mol. The van der Waals surface area contributed by atoms with Gasteiger partial charge in [-0.3, -0.25) is 24.5 Å². The van der Waals surface area contributed by atoms with Crippen LogP contribution in [-0.2, 0) is 21.0 Å². The lowest BCUT2D eigenvalue weighted by Gasteiger charge is -2.48. The molecule has 0 amide bonds. The molecule has 1 N–H and O–H groups in total. The largest absolute Gasteiger partial charge is 0.493 e. The first-order chi connectivity index (χ1) is 20.2. The number of hydrogen-bond donors (Lipinski definition) is 1. The molecular weight excluding hydrogens is 552 g/mol. The van der Waals surface area contributed by atoms with Gasteiger partial charge < -0.3 is 19.5 Å². The Labute approximate surface area is 250 Å². The number of allylic oxidation sites excluding steroid dienone is 4. The van der Waals surface area contributed by atoms with Gasteiger partial charge in [-0.05, 0) is 59.1 Å². The highest BCUT2D eigenvalue weighted by Crippen LogP contribution is 2.54. The Bertz CT molecular complexity index is 1530.